The van der Waals surface area contributed by atoms with E-state index in [1.165, 1.54) is 12.1 Å². The summed E-state index contributed by atoms with van der Waals surface area (Å²) in [7, 11) is -3.55. The lowest BCUT2D eigenvalue weighted by atomic mass is 10.2. The largest absolute Gasteiger partial charge is 0.399 e. The Balaban J connectivity index is 2.03. The molecule has 0 saturated carbocycles. The molecule has 0 atom stereocenters. The standard InChI is InChI=1S/C14H14ClFN2O2S/c15-13-7-11(4-5-14(13)16)9-21(19,20)18-8-10-2-1-3-12(17)6-10/h1-7,18H,8-9,17H2. The molecule has 0 aliphatic heterocycles. The molecule has 0 bridgehead atoms. The van der Waals surface area contributed by atoms with Gasteiger partial charge in [0.2, 0.25) is 10.0 Å². The number of nitrogen functional groups attached to an aromatic ring is 1. The molecule has 2 rings (SSSR count). The lowest BCUT2D eigenvalue weighted by molar-refractivity contribution is 0.580. The molecule has 0 fully saturated rings. The lowest BCUT2D eigenvalue weighted by Crippen LogP contribution is -2.24. The van der Waals surface area contributed by atoms with Gasteiger partial charge in [0.1, 0.15) is 5.82 Å². The summed E-state index contributed by atoms with van der Waals surface area (Å²) in [6, 6.07) is 10.8. The molecule has 0 unspecified atom stereocenters. The van der Waals surface area contributed by atoms with E-state index in [0.29, 0.717) is 11.3 Å². The maximum atomic E-state index is 13.0. The third-order valence-electron chi connectivity index (χ3n) is 2.79. The van der Waals surface area contributed by atoms with Crippen molar-refractivity contribution < 1.29 is 12.8 Å². The van der Waals surface area contributed by atoms with Crippen LogP contribution in [0.2, 0.25) is 5.02 Å². The zero-order chi connectivity index (χ0) is 15.5. The van der Waals surface area contributed by atoms with Gasteiger partial charge in [-0.1, -0.05) is 29.8 Å². The summed E-state index contributed by atoms with van der Waals surface area (Å²) < 4.78 is 39.4. The second-order valence-corrected chi connectivity index (χ2v) is 6.79. The highest BCUT2D eigenvalue weighted by molar-refractivity contribution is 7.88. The molecular weight excluding hydrogens is 315 g/mol. The zero-order valence-corrected chi connectivity index (χ0v) is 12.6. The first kappa shape index (κ1) is 15.8. The molecule has 0 aliphatic rings. The molecule has 7 heteroatoms. The van der Waals surface area contributed by atoms with Crippen LogP contribution in [0.5, 0.6) is 0 Å². The fraction of sp³-hybridized carbons (Fsp3) is 0.143. The van der Waals surface area contributed by atoms with E-state index in [-0.39, 0.29) is 17.3 Å². The van der Waals surface area contributed by atoms with Gasteiger partial charge >= 0.3 is 0 Å². The Kier molecular flexibility index (Phi) is 4.82. The number of halogens is 2. The molecule has 2 aromatic rings. The van der Waals surface area contributed by atoms with Crippen molar-refractivity contribution in [2.45, 2.75) is 12.3 Å². The summed E-state index contributed by atoms with van der Waals surface area (Å²) in [6.07, 6.45) is 0. The fourth-order valence-corrected chi connectivity index (χ4v) is 3.11. The fourth-order valence-electron chi connectivity index (χ4n) is 1.80. The van der Waals surface area contributed by atoms with Crippen LogP contribution >= 0.6 is 11.6 Å². The van der Waals surface area contributed by atoms with Crippen LogP contribution in [0.15, 0.2) is 42.5 Å². The van der Waals surface area contributed by atoms with E-state index < -0.39 is 15.8 Å². The number of hydrogen-bond donors (Lipinski definition) is 2. The molecule has 4 nitrogen and oxygen atoms in total. The Morgan fingerprint density at radius 1 is 1.14 bits per heavy atom. The Morgan fingerprint density at radius 2 is 1.90 bits per heavy atom. The second kappa shape index (κ2) is 6.43. The topological polar surface area (TPSA) is 72.2 Å². The van der Waals surface area contributed by atoms with Crippen molar-refractivity contribution in [1.82, 2.24) is 4.72 Å². The van der Waals surface area contributed by atoms with E-state index in [2.05, 4.69) is 4.72 Å². The van der Waals surface area contributed by atoms with Crippen molar-refractivity contribution in [2.24, 2.45) is 0 Å². The first-order valence-corrected chi connectivity index (χ1v) is 8.14. The Labute approximate surface area is 127 Å². The number of hydrogen-bond acceptors (Lipinski definition) is 3. The Bertz CT molecular complexity index is 750. The highest BCUT2D eigenvalue weighted by Gasteiger charge is 2.12. The van der Waals surface area contributed by atoms with Crippen LogP contribution in [0.1, 0.15) is 11.1 Å². The van der Waals surface area contributed by atoms with Gasteiger partial charge in [0.25, 0.3) is 0 Å². The predicted molar refractivity (Wildman–Crippen MR) is 81.7 cm³/mol. The lowest BCUT2D eigenvalue weighted by Gasteiger charge is -2.08. The summed E-state index contributed by atoms with van der Waals surface area (Å²) in [5, 5.41) is -0.0986. The van der Waals surface area contributed by atoms with Crippen LogP contribution < -0.4 is 10.5 Å². The van der Waals surface area contributed by atoms with Crippen LogP contribution in [-0.4, -0.2) is 8.42 Å². The molecule has 21 heavy (non-hydrogen) atoms. The van der Waals surface area contributed by atoms with Crippen LogP contribution in [0.25, 0.3) is 0 Å². The molecule has 2 aromatic carbocycles. The molecule has 0 spiro atoms. The third kappa shape index (κ3) is 4.70. The van der Waals surface area contributed by atoms with Crippen molar-refractivity contribution in [2.75, 3.05) is 5.73 Å². The third-order valence-corrected chi connectivity index (χ3v) is 4.38. The molecule has 0 radical (unpaired) electrons. The highest BCUT2D eigenvalue weighted by atomic mass is 35.5. The molecule has 0 amide bonds. The first-order chi connectivity index (χ1) is 9.85. The molecule has 0 aromatic heterocycles. The maximum absolute atomic E-state index is 13.0. The first-order valence-electron chi connectivity index (χ1n) is 6.11. The molecule has 0 heterocycles. The van der Waals surface area contributed by atoms with E-state index in [4.69, 9.17) is 17.3 Å². The number of sulfonamides is 1. The molecule has 112 valence electrons. The van der Waals surface area contributed by atoms with Gasteiger partial charge in [0.15, 0.2) is 0 Å². The summed E-state index contributed by atoms with van der Waals surface area (Å²) in [5.74, 6) is -0.847. The van der Waals surface area contributed by atoms with Gasteiger partial charge in [0.05, 0.1) is 10.8 Å². The monoisotopic (exact) mass is 328 g/mol. The van der Waals surface area contributed by atoms with Crippen molar-refractivity contribution in [3.8, 4) is 0 Å². The van der Waals surface area contributed by atoms with Gasteiger partial charge in [-0.3, -0.25) is 0 Å². The Hall–Kier alpha value is -1.63. The normalized spacial score (nSPS) is 11.5. The van der Waals surface area contributed by atoms with Crippen LogP contribution in [0.3, 0.4) is 0 Å². The molecule has 3 N–H and O–H groups in total. The van der Waals surface area contributed by atoms with Crippen molar-refractivity contribution in [3.05, 3.63) is 64.4 Å². The molecular formula is C14H14ClFN2O2S. The number of anilines is 1. The van der Waals surface area contributed by atoms with Crippen molar-refractivity contribution in [1.29, 1.82) is 0 Å². The van der Waals surface area contributed by atoms with Crippen molar-refractivity contribution >= 4 is 27.3 Å². The van der Waals surface area contributed by atoms with E-state index in [1.807, 2.05) is 0 Å². The summed E-state index contributed by atoms with van der Waals surface area (Å²) in [4.78, 5) is 0. The van der Waals surface area contributed by atoms with Gasteiger partial charge in [0, 0.05) is 12.2 Å². The van der Waals surface area contributed by atoms with Crippen LogP contribution in [0.4, 0.5) is 10.1 Å². The SMILES string of the molecule is Nc1cccc(CNS(=O)(=O)Cc2ccc(F)c(Cl)c2)c1. The summed E-state index contributed by atoms with van der Waals surface area (Å²) in [5.41, 5.74) is 7.37. The van der Waals surface area contributed by atoms with Crippen molar-refractivity contribution in [3.63, 3.8) is 0 Å². The highest BCUT2D eigenvalue weighted by Crippen LogP contribution is 2.17. The van der Waals surface area contributed by atoms with E-state index in [1.54, 1.807) is 24.3 Å². The minimum absolute atomic E-state index is 0.0986. The number of nitrogens with two attached hydrogens (primary N) is 1. The maximum Gasteiger partial charge on any atom is 0.216 e. The van der Waals surface area contributed by atoms with Gasteiger partial charge in [-0.2, -0.15) is 0 Å². The Morgan fingerprint density at radius 3 is 2.57 bits per heavy atom. The summed E-state index contributed by atoms with van der Waals surface area (Å²) >= 11 is 5.63. The minimum atomic E-state index is -3.55. The number of benzene rings is 2. The van der Waals surface area contributed by atoms with E-state index >= 15 is 0 Å². The summed E-state index contributed by atoms with van der Waals surface area (Å²) in [6.45, 7) is 0.141. The second-order valence-electron chi connectivity index (χ2n) is 4.57. The average Bonchev–Trinajstić information content (AvgIpc) is 2.41. The van der Waals surface area contributed by atoms with Gasteiger partial charge < -0.3 is 5.73 Å². The number of nitrogens with one attached hydrogen (secondary N) is 1. The van der Waals surface area contributed by atoms with Crippen LogP contribution in [0, 0.1) is 5.82 Å². The van der Waals surface area contributed by atoms with E-state index in [0.717, 1.165) is 11.6 Å². The molecule has 0 saturated heterocycles. The zero-order valence-electron chi connectivity index (χ0n) is 11.0. The molecule has 0 aliphatic carbocycles. The smallest absolute Gasteiger partial charge is 0.216 e. The average molecular weight is 329 g/mol. The van der Waals surface area contributed by atoms with Gasteiger partial charge in [-0.05, 0) is 35.4 Å². The number of rotatable bonds is 5. The minimum Gasteiger partial charge on any atom is -0.399 e. The predicted octanol–water partition coefficient (Wildman–Crippen LogP) is 2.68. The van der Waals surface area contributed by atoms with Gasteiger partial charge in [-0.15, -0.1) is 0 Å². The quantitative estimate of drug-likeness (QED) is 0.829. The van der Waals surface area contributed by atoms with E-state index in [9.17, 15) is 12.8 Å². The van der Waals surface area contributed by atoms with Gasteiger partial charge in [-0.25, -0.2) is 17.5 Å². The van der Waals surface area contributed by atoms with Crippen LogP contribution in [-0.2, 0) is 22.3 Å².